The lowest BCUT2D eigenvalue weighted by Gasteiger charge is -2.33. The van der Waals surface area contributed by atoms with Crippen LogP contribution in [0.3, 0.4) is 0 Å². The van der Waals surface area contributed by atoms with Crippen LogP contribution in [-0.2, 0) is 0 Å². The molecule has 1 heterocycles. The van der Waals surface area contributed by atoms with Crippen LogP contribution in [-0.4, -0.2) is 31.9 Å². The Morgan fingerprint density at radius 3 is 2.63 bits per heavy atom. The second-order valence-electron chi connectivity index (χ2n) is 5.33. The molecule has 0 radical (unpaired) electrons. The Morgan fingerprint density at radius 2 is 2.11 bits per heavy atom. The minimum absolute atomic E-state index is 0.330. The molecule has 2 N–H and O–H groups in total. The fourth-order valence-corrected chi connectivity index (χ4v) is 3.30. The van der Waals surface area contributed by atoms with E-state index in [0.717, 1.165) is 30.4 Å². The monoisotopic (exact) mass is 326 g/mol. The van der Waals surface area contributed by atoms with Crippen LogP contribution in [0, 0.1) is 5.92 Å². The largest absolute Gasteiger partial charge is 0.396 e. The molecule has 1 aliphatic heterocycles. The zero-order valence-electron chi connectivity index (χ0n) is 11.7. The maximum absolute atomic E-state index is 9.18. The highest BCUT2D eigenvalue weighted by atomic mass is 79.9. The quantitative estimate of drug-likeness (QED) is 0.893. The summed E-state index contributed by atoms with van der Waals surface area (Å²) < 4.78 is 1.16. The molecule has 3 nitrogen and oxygen atoms in total. The van der Waals surface area contributed by atoms with Crippen molar-refractivity contribution in [3.05, 3.63) is 28.2 Å². The normalized spacial score (nSPS) is 18.6. The number of aliphatic hydroxyl groups excluding tert-OH is 1. The number of piperidine rings is 1. The van der Waals surface area contributed by atoms with Crippen LogP contribution < -0.4 is 10.2 Å². The summed E-state index contributed by atoms with van der Waals surface area (Å²) in [5, 5.41) is 12.4. The molecule has 4 heteroatoms. The summed E-state index contributed by atoms with van der Waals surface area (Å²) in [4.78, 5) is 2.41. The van der Waals surface area contributed by atoms with E-state index in [4.69, 9.17) is 0 Å². The van der Waals surface area contributed by atoms with Gasteiger partial charge in [-0.05, 0) is 50.4 Å². The van der Waals surface area contributed by atoms with E-state index in [2.05, 4.69) is 51.3 Å². The van der Waals surface area contributed by atoms with Gasteiger partial charge < -0.3 is 15.3 Å². The third-order valence-corrected chi connectivity index (χ3v) is 4.81. The van der Waals surface area contributed by atoms with Gasteiger partial charge in [0.25, 0.3) is 0 Å². The molecule has 0 aliphatic carbocycles. The predicted molar refractivity (Wildman–Crippen MR) is 83.6 cm³/mol. The molecule has 0 amide bonds. The fourth-order valence-electron chi connectivity index (χ4n) is 2.59. The summed E-state index contributed by atoms with van der Waals surface area (Å²) in [6.07, 6.45) is 2.17. The minimum Gasteiger partial charge on any atom is -0.396 e. The maximum Gasteiger partial charge on any atom is 0.0460 e. The first-order chi connectivity index (χ1) is 9.15. The first kappa shape index (κ1) is 14.8. The van der Waals surface area contributed by atoms with Gasteiger partial charge in [-0.2, -0.15) is 0 Å². The van der Waals surface area contributed by atoms with Gasteiger partial charge in [-0.25, -0.2) is 0 Å². The van der Waals surface area contributed by atoms with Crippen LogP contribution in [0.1, 0.15) is 31.4 Å². The third kappa shape index (κ3) is 3.50. The standard InChI is InChI=1S/C15H23BrN2O/c1-11(17-2)14-4-3-13(9-15(14)16)18-7-5-12(10-19)6-8-18/h3-4,9,11-12,17,19H,5-8,10H2,1-2H3. The summed E-state index contributed by atoms with van der Waals surface area (Å²) in [5.74, 6) is 0.489. The SMILES string of the molecule is CNC(C)c1ccc(N2CCC(CO)CC2)cc1Br. The van der Waals surface area contributed by atoms with E-state index in [9.17, 15) is 5.11 Å². The highest BCUT2D eigenvalue weighted by Gasteiger charge is 2.19. The van der Waals surface area contributed by atoms with Crippen LogP contribution in [0.15, 0.2) is 22.7 Å². The molecule has 1 fully saturated rings. The summed E-state index contributed by atoms with van der Waals surface area (Å²) in [6.45, 7) is 4.57. The zero-order valence-corrected chi connectivity index (χ0v) is 13.3. The van der Waals surface area contributed by atoms with Crippen LogP contribution in [0.4, 0.5) is 5.69 Å². The molecule has 0 aromatic heterocycles. The number of halogens is 1. The molecule has 1 aromatic carbocycles. The Balaban J connectivity index is 2.08. The van der Waals surface area contributed by atoms with E-state index in [1.807, 2.05) is 7.05 Å². The van der Waals surface area contributed by atoms with Crippen LogP contribution in [0.25, 0.3) is 0 Å². The number of hydrogen-bond donors (Lipinski definition) is 2. The molecule has 19 heavy (non-hydrogen) atoms. The Kier molecular flexibility index (Phi) is 5.25. The summed E-state index contributed by atoms with van der Waals surface area (Å²) in [5.41, 5.74) is 2.56. The Hall–Kier alpha value is -0.580. The van der Waals surface area contributed by atoms with Gasteiger partial charge in [-0.3, -0.25) is 0 Å². The van der Waals surface area contributed by atoms with Crippen molar-refractivity contribution < 1.29 is 5.11 Å². The van der Waals surface area contributed by atoms with E-state index in [-0.39, 0.29) is 0 Å². The van der Waals surface area contributed by atoms with E-state index < -0.39 is 0 Å². The molecule has 0 saturated carbocycles. The first-order valence-electron chi connectivity index (χ1n) is 6.98. The number of hydrogen-bond acceptors (Lipinski definition) is 3. The van der Waals surface area contributed by atoms with Crippen LogP contribution >= 0.6 is 15.9 Å². The second-order valence-corrected chi connectivity index (χ2v) is 6.18. The molecular formula is C15H23BrN2O. The lowest BCUT2D eigenvalue weighted by atomic mass is 9.97. The number of aliphatic hydroxyl groups is 1. The van der Waals surface area contributed by atoms with Crippen molar-refractivity contribution in [3.8, 4) is 0 Å². The topological polar surface area (TPSA) is 35.5 Å². The molecular weight excluding hydrogens is 304 g/mol. The van der Waals surface area contributed by atoms with Crippen molar-refractivity contribution in [1.82, 2.24) is 5.32 Å². The van der Waals surface area contributed by atoms with Crippen molar-refractivity contribution in [2.45, 2.75) is 25.8 Å². The highest BCUT2D eigenvalue weighted by Crippen LogP contribution is 2.30. The number of benzene rings is 1. The van der Waals surface area contributed by atoms with Gasteiger partial charge in [0.05, 0.1) is 0 Å². The number of nitrogens with one attached hydrogen (secondary N) is 1. The Bertz CT molecular complexity index is 417. The minimum atomic E-state index is 0.330. The van der Waals surface area contributed by atoms with E-state index in [0.29, 0.717) is 18.6 Å². The second kappa shape index (κ2) is 6.73. The van der Waals surface area contributed by atoms with E-state index >= 15 is 0 Å². The van der Waals surface area contributed by atoms with Gasteiger partial charge in [0.15, 0.2) is 0 Å². The zero-order chi connectivity index (χ0) is 13.8. The van der Waals surface area contributed by atoms with Crippen molar-refractivity contribution >= 4 is 21.6 Å². The molecule has 1 unspecified atom stereocenters. The number of anilines is 1. The average Bonchev–Trinajstić information content (AvgIpc) is 2.46. The molecule has 1 aromatic rings. The number of nitrogens with zero attached hydrogens (tertiary/aromatic N) is 1. The van der Waals surface area contributed by atoms with Gasteiger partial charge in [-0.15, -0.1) is 0 Å². The van der Waals surface area contributed by atoms with Gasteiger partial charge in [0.1, 0.15) is 0 Å². The summed E-state index contributed by atoms with van der Waals surface area (Å²) in [7, 11) is 1.98. The lowest BCUT2D eigenvalue weighted by molar-refractivity contribution is 0.203. The molecule has 0 bridgehead atoms. The van der Waals surface area contributed by atoms with E-state index in [1.165, 1.54) is 11.3 Å². The third-order valence-electron chi connectivity index (χ3n) is 4.12. The average molecular weight is 327 g/mol. The Morgan fingerprint density at radius 1 is 1.42 bits per heavy atom. The van der Waals surface area contributed by atoms with Gasteiger partial charge in [0.2, 0.25) is 0 Å². The summed E-state index contributed by atoms with van der Waals surface area (Å²) in [6, 6.07) is 6.96. The number of rotatable bonds is 4. The smallest absolute Gasteiger partial charge is 0.0460 e. The van der Waals surface area contributed by atoms with Crippen LogP contribution in [0.2, 0.25) is 0 Å². The maximum atomic E-state index is 9.18. The van der Waals surface area contributed by atoms with Crippen molar-refractivity contribution in [3.63, 3.8) is 0 Å². The van der Waals surface area contributed by atoms with Gasteiger partial charge >= 0.3 is 0 Å². The van der Waals surface area contributed by atoms with Crippen molar-refractivity contribution in [2.24, 2.45) is 5.92 Å². The predicted octanol–water partition coefficient (Wildman–Crippen LogP) is 2.94. The molecule has 2 rings (SSSR count). The molecule has 1 aliphatic rings. The van der Waals surface area contributed by atoms with Gasteiger partial charge in [0, 0.05) is 35.9 Å². The van der Waals surface area contributed by atoms with Crippen molar-refractivity contribution in [2.75, 3.05) is 31.6 Å². The molecule has 1 saturated heterocycles. The van der Waals surface area contributed by atoms with Crippen molar-refractivity contribution in [1.29, 1.82) is 0 Å². The first-order valence-corrected chi connectivity index (χ1v) is 7.77. The fraction of sp³-hybridized carbons (Fsp3) is 0.600. The molecule has 0 spiro atoms. The van der Waals surface area contributed by atoms with E-state index in [1.54, 1.807) is 0 Å². The highest BCUT2D eigenvalue weighted by molar-refractivity contribution is 9.10. The van der Waals surface area contributed by atoms with Gasteiger partial charge in [-0.1, -0.05) is 22.0 Å². The Labute approximate surface area is 124 Å². The molecule has 1 atom stereocenters. The lowest BCUT2D eigenvalue weighted by Crippen LogP contribution is -2.34. The summed E-state index contributed by atoms with van der Waals surface area (Å²) >= 11 is 3.67. The molecule has 106 valence electrons. The van der Waals surface area contributed by atoms with Crippen LogP contribution in [0.5, 0.6) is 0 Å².